The van der Waals surface area contributed by atoms with Crippen LogP contribution in [0.5, 0.6) is 0 Å². The van der Waals surface area contributed by atoms with Gasteiger partial charge in [-0.05, 0) is 12.1 Å². The van der Waals surface area contributed by atoms with Crippen LogP contribution in [-0.2, 0) is 4.79 Å². The van der Waals surface area contributed by atoms with Crippen LogP contribution < -0.4 is 5.32 Å². The van der Waals surface area contributed by atoms with Crippen LogP contribution in [0.3, 0.4) is 0 Å². The number of carbonyl (C=O) groups excluding carboxylic acids is 2. The van der Waals surface area contributed by atoms with E-state index in [1.807, 2.05) is 0 Å². The van der Waals surface area contributed by atoms with Crippen molar-refractivity contribution in [2.45, 2.75) is 6.92 Å². The van der Waals surface area contributed by atoms with Crippen LogP contribution in [-0.4, -0.2) is 23.3 Å². The van der Waals surface area contributed by atoms with Crippen LogP contribution in [0.4, 0.5) is 4.39 Å². The van der Waals surface area contributed by atoms with Gasteiger partial charge in [0.15, 0.2) is 0 Å². The van der Waals surface area contributed by atoms with Crippen molar-refractivity contribution in [2.24, 2.45) is 0 Å². The Labute approximate surface area is 97.4 Å². The van der Waals surface area contributed by atoms with Gasteiger partial charge in [-0.25, -0.2) is 4.39 Å². The second-order valence-electron chi connectivity index (χ2n) is 3.10. The molecule has 86 valence electrons. The molecule has 1 aromatic rings. The lowest BCUT2D eigenvalue weighted by atomic mass is 10.2. The van der Waals surface area contributed by atoms with E-state index >= 15 is 0 Å². The van der Waals surface area contributed by atoms with Gasteiger partial charge in [0.1, 0.15) is 5.82 Å². The Morgan fingerprint density at radius 2 is 2.06 bits per heavy atom. The summed E-state index contributed by atoms with van der Waals surface area (Å²) < 4.78 is 13.2. The van der Waals surface area contributed by atoms with Gasteiger partial charge in [0, 0.05) is 19.2 Å². The molecule has 0 saturated heterocycles. The Balaban J connectivity index is 2.41. The molecule has 0 spiro atoms. The average molecular weight is 241 g/mol. The molecule has 0 aliphatic carbocycles. The number of hydrogen-bond acceptors (Lipinski definition) is 3. The standard InChI is InChI=1S/C11H12FNO2S/c1-8(14)13-6-7-16-11(15)9-4-2-3-5-10(9)12/h2-5H,6-7H2,1H3,(H,13,14). The minimum Gasteiger partial charge on any atom is -0.356 e. The Kier molecular flexibility index (Phi) is 4.98. The average Bonchev–Trinajstić information content (AvgIpc) is 2.24. The van der Waals surface area contributed by atoms with Crippen molar-refractivity contribution in [1.29, 1.82) is 0 Å². The van der Waals surface area contributed by atoms with Crippen molar-refractivity contribution in [1.82, 2.24) is 5.32 Å². The summed E-state index contributed by atoms with van der Waals surface area (Å²) in [5, 5.41) is 2.24. The van der Waals surface area contributed by atoms with Gasteiger partial charge in [-0.3, -0.25) is 9.59 Å². The van der Waals surface area contributed by atoms with Crippen molar-refractivity contribution >= 4 is 22.8 Å². The second kappa shape index (κ2) is 6.27. The molecule has 16 heavy (non-hydrogen) atoms. The van der Waals surface area contributed by atoms with E-state index in [1.54, 1.807) is 6.07 Å². The lowest BCUT2D eigenvalue weighted by molar-refractivity contribution is -0.118. The largest absolute Gasteiger partial charge is 0.356 e. The third-order valence-corrected chi connectivity index (χ3v) is 2.69. The van der Waals surface area contributed by atoms with E-state index in [-0.39, 0.29) is 16.6 Å². The summed E-state index contributed by atoms with van der Waals surface area (Å²) in [6.45, 7) is 1.81. The van der Waals surface area contributed by atoms with Gasteiger partial charge in [0.2, 0.25) is 11.0 Å². The molecule has 1 aromatic carbocycles. The fourth-order valence-electron chi connectivity index (χ4n) is 1.08. The van der Waals surface area contributed by atoms with Gasteiger partial charge >= 0.3 is 0 Å². The summed E-state index contributed by atoms with van der Waals surface area (Å²) in [5.74, 6) is -0.217. The van der Waals surface area contributed by atoms with Gasteiger partial charge in [0.25, 0.3) is 0 Å². The Hall–Kier alpha value is -1.36. The van der Waals surface area contributed by atoms with E-state index in [0.29, 0.717) is 12.3 Å². The number of hydrogen-bond donors (Lipinski definition) is 1. The molecule has 0 unspecified atom stereocenters. The molecule has 0 aromatic heterocycles. The summed E-state index contributed by atoms with van der Waals surface area (Å²) in [4.78, 5) is 22.1. The summed E-state index contributed by atoms with van der Waals surface area (Å²) in [6, 6.07) is 5.85. The van der Waals surface area contributed by atoms with E-state index in [9.17, 15) is 14.0 Å². The molecule has 0 radical (unpaired) electrons. The Morgan fingerprint density at radius 1 is 1.38 bits per heavy atom. The molecular weight excluding hydrogens is 229 g/mol. The van der Waals surface area contributed by atoms with Gasteiger partial charge in [-0.15, -0.1) is 0 Å². The van der Waals surface area contributed by atoms with Crippen LogP contribution in [0.2, 0.25) is 0 Å². The Bertz CT molecular complexity index is 395. The summed E-state index contributed by atoms with van der Waals surface area (Å²) in [6.07, 6.45) is 0. The van der Waals surface area contributed by atoms with E-state index < -0.39 is 5.82 Å². The van der Waals surface area contributed by atoms with Gasteiger partial charge in [-0.2, -0.15) is 0 Å². The molecule has 5 heteroatoms. The first kappa shape index (κ1) is 12.7. The molecule has 1 rings (SSSR count). The maximum Gasteiger partial charge on any atom is 0.222 e. The molecule has 0 saturated carbocycles. The number of halogens is 1. The highest BCUT2D eigenvalue weighted by molar-refractivity contribution is 8.14. The highest BCUT2D eigenvalue weighted by atomic mass is 32.2. The number of amides is 1. The predicted octanol–water partition coefficient (Wildman–Crippen LogP) is 1.84. The topological polar surface area (TPSA) is 46.2 Å². The smallest absolute Gasteiger partial charge is 0.222 e. The molecule has 0 aliphatic heterocycles. The fourth-order valence-corrected chi connectivity index (χ4v) is 1.79. The third-order valence-electron chi connectivity index (χ3n) is 1.80. The fraction of sp³-hybridized carbons (Fsp3) is 0.273. The van der Waals surface area contributed by atoms with Crippen LogP contribution >= 0.6 is 11.8 Å². The van der Waals surface area contributed by atoms with Crippen molar-refractivity contribution in [3.63, 3.8) is 0 Å². The number of nitrogens with one attached hydrogen (secondary N) is 1. The highest BCUT2D eigenvalue weighted by Crippen LogP contribution is 2.14. The first-order valence-corrected chi connectivity index (χ1v) is 5.76. The van der Waals surface area contributed by atoms with Crippen molar-refractivity contribution in [2.75, 3.05) is 12.3 Å². The molecule has 0 heterocycles. The number of benzene rings is 1. The predicted molar refractivity (Wildman–Crippen MR) is 61.9 cm³/mol. The van der Waals surface area contributed by atoms with E-state index in [2.05, 4.69) is 5.32 Å². The molecular formula is C11H12FNO2S. The SMILES string of the molecule is CC(=O)NCCSC(=O)c1ccccc1F. The van der Waals surface area contributed by atoms with Crippen LogP contribution in [0.25, 0.3) is 0 Å². The van der Waals surface area contributed by atoms with E-state index in [4.69, 9.17) is 0 Å². The van der Waals surface area contributed by atoms with E-state index in [1.165, 1.54) is 25.1 Å². The highest BCUT2D eigenvalue weighted by Gasteiger charge is 2.10. The number of carbonyl (C=O) groups is 2. The number of rotatable bonds is 4. The van der Waals surface area contributed by atoms with Gasteiger partial charge in [0.05, 0.1) is 5.56 Å². The van der Waals surface area contributed by atoms with Crippen molar-refractivity contribution < 1.29 is 14.0 Å². The molecule has 0 bridgehead atoms. The monoisotopic (exact) mass is 241 g/mol. The zero-order valence-corrected chi connectivity index (χ0v) is 9.64. The molecule has 1 amide bonds. The third kappa shape index (κ3) is 4.02. The molecule has 0 atom stereocenters. The van der Waals surface area contributed by atoms with Crippen LogP contribution in [0, 0.1) is 5.82 Å². The Morgan fingerprint density at radius 3 is 2.69 bits per heavy atom. The zero-order valence-electron chi connectivity index (χ0n) is 8.83. The normalized spacial score (nSPS) is 9.88. The maximum atomic E-state index is 13.2. The van der Waals surface area contributed by atoms with Crippen LogP contribution in [0.15, 0.2) is 24.3 Å². The van der Waals surface area contributed by atoms with Crippen molar-refractivity contribution in [3.8, 4) is 0 Å². The molecule has 3 nitrogen and oxygen atoms in total. The quantitative estimate of drug-likeness (QED) is 0.818. The maximum absolute atomic E-state index is 13.2. The zero-order chi connectivity index (χ0) is 12.0. The lowest BCUT2D eigenvalue weighted by Crippen LogP contribution is -2.22. The first-order valence-electron chi connectivity index (χ1n) is 4.77. The summed E-state index contributed by atoms with van der Waals surface area (Å²) >= 11 is 0.992. The van der Waals surface area contributed by atoms with Crippen LogP contribution in [0.1, 0.15) is 17.3 Å². The number of thioether (sulfide) groups is 1. The molecule has 0 fully saturated rings. The van der Waals surface area contributed by atoms with E-state index in [0.717, 1.165) is 11.8 Å². The molecule has 1 N–H and O–H groups in total. The molecule has 0 aliphatic rings. The minimum atomic E-state index is -0.514. The summed E-state index contributed by atoms with van der Waals surface area (Å²) in [7, 11) is 0. The van der Waals surface area contributed by atoms with Gasteiger partial charge in [-0.1, -0.05) is 23.9 Å². The second-order valence-corrected chi connectivity index (χ2v) is 4.17. The van der Waals surface area contributed by atoms with Gasteiger partial charge < -0.3 is 5.32 Å². The first-order chi connectivity index (χ1) is 7.61. The van der Waals surface area contributed by atoms with Crippen molar-refractivity contribution in [3.05, 3.63) is 35.6 Å². The minimum absolute atomic E-state index is 0.0790. The lowest BCUT2D eigenvalue weighted by Gasteiger charge is -2.02. The summed E-state index contributed by atoms with van der Waals surface area (Å²) in [5.41, 5.74) is 0.0790.